The van der Waals surface area contributed by atoms with Crippen LogP contribution in [-0.2, 0) is 0 Å². The molecule has 0 radical (unpaired) electrons. The van der Waals surface area contributed by atoms with Crippen molar-refractivity contribution in [1.29, 1.82) is 0 Å². The Kier molecular flexibility index (Phi) is 1.74. The summed E-state index contributed by atoms with van der Waals surface area (Å²) in [4.78, 5) is 0. The van der Waals surface area contributed by atoms with E-state index in [4.69, 9.17) is 0 Å². The molecule has 3 aliphatic rings. The third-order valence-electron chi connectivity index (χ3n) is 5.03. The molecule has 1 nitrogen and oxygen atoms in total. The third kappa shape index (κ3) is 1.16. The van der Waals surface area contributed by atoms with Gasteiger partial charge in [-0.25, -0.2) is 0 Å². The second kappa shape index (κ2) is 2.73. The molecule has 4 unspecified atom stereocenters. The van der Waals surface area contributed by atoms with Crippen LogP contribution in [0.4, 0.5) is 0 Å². The van der Waals surface area contributed by atoms with E-state index in [9.17, 15) is 0 Å². The first-order chi connectivity index (χ1) is 6.28. The van der Waals surface area contributed by atoms with Crippen LogP contribution in [0.3, 0.4) is 0 Å². The molecular formula is C12H21N. The lowest BCUT2D eigenvalue weighted by molar-refractivity contribution is 0.141. The summed E-state index contributed by atoms with van der Waals surface area (Å²) in [5.74, 6) is 3.29. The normalized spacial score (nSPS) is 54.7. The van der Waals surface area contributed by atoms with Gasteiger partial charge in [-0.2, -0.15) is 0 Å². The van der Waals surface area contributed by atoms with Gasteiger partial charge in [0.2, 0.25) is 0 Å². The summed E-state index contributed by atoms with van der Waals surface area (Å²) < 4.78 is 0. The van der Waals surface area contributed by atoms with Crippen LogP contribution in [0.15, 0.2) is 0 Å². The van der Waals surface area contributed by atoms with Crippen LogP contribution in [0.2, 0.25) is 0 Å². The lowest BCUT2D eigenvalue weighted by atomic mass is 9.69. The molecule has 0 aromatic carbocycles. The first kappa shape index (κ1) is 8.28. The molecule has 74 valence electrons. The predicted octanol–water partition coefficient (Wildman–Crippen LogP) is 2.42. The lowest BCUT2D eigenvalue weighted by Crippen LogP contribution is -2.33. The van der Waals surface area contributed by atoms with Crippen molar-refractivity contribution in [3.8, 4) is 0 Å². The van der Waals surface area contributed by atoms with Gasteiger partial charge in [0.1, 0.15) is 0 Å². The van der Waals surface area contributed by atoms with Gasteiger partial charge in [-0.3, -0.25) is 0 Å². The Morgan fingerprint density at radius 3 is 2.69 bits per heavy atom. The summed E-state index contributed by atoms with van der Waals surface area (Å²) >= 11 is 0. The van der Waals surface area contributed by atoms with Gasteiger partial charge < -0.3 is 5.32 Å². The van der Waals surface area contributed by atoms with Gasteiger partial charge in [0.05, 0.1) is 0 Å². The van der Waals surface area contributed by atoms with Gasteiger partial charge in [0.15, 0.2) is 0 Å². The summed E-state index contributed by atoms with van der Waals surface area (Å²) in [6.45, 7) is 5.09. The topological polar surface area (TPSA) is 12.0 Å². The highest BCUT2D eigenvalue weighted by Crippen LogP contribution is 2.56. The van der Waals surface area contributed by atoms with E-state index in [0.29, 0.717) is 5.41 Å². The molecule has 2 bridgehead atoms. The van der Waals surface area contributed by atoms with Gasteiger partial charge in [-0.15, -0.1) is 0 Å². The van der Waals surface area contributed by atoms with Crippen molar-refractivity contribution in [3.63, 3.8) is 0 Å². The van der Waals surface area contributed by atoms with Gasteiger partial charge >= 0.3 is 0 Å². The first-order valence-corrected chi connectivity index (χ1v) is 5.99. The fourth-order valence-corrected chi connectivity index (χ4v) is 4.25. The van der Waals surface area contributed by atoms with E-state index < -0.39 is 0 Å². The molecule has 0 aromatic rings. The molecular weight excluding hydrogens is 158 g/mol. The van der Waals surface area contributed by atoms with Gasteiger partial charge in [-0.05, 0) is 55.4 Å². The Balaban J connectivity index is 1.78. The maximum Gasteiger partial charge on any atom is 0.000840 e. The second-order valence-electron chi connectivity index (χ2n) is 5.86. The third-order valence-corrected chi connectivity index (χ3v) is 5.03. The standard InChI is InChI=1S/C12H21N/c1-12(4-5-13-8-12)11-7-9-2-3-10(11)6-9/h9-11,13H,2-8H2,1H3. The van der Waals surface area contributed by atoms with Crippen molar-refractivity contribution in [2.45, 2.75) is 39.0 Å². The zero-order valence-corrected chi connectivity index (χ0v) is 8.68. The number of nitrogens with one attached hydrogen (secondary N) is 1. The molecule has 1 heteroatoms. The molecule has 13 heavy (non-hydrogen) atoms. The molecule has 0 aromatic heterocycles. The Morgan fingerprint density at radius 2 is 2.15 bits per heavy atom. The van der Waals surface area contributed by atoms with Crippen LogP contribution >= 0.6 is 0 Å². The number of hydrogen-bond donors (Lipinski definition) is 1. The van der Waals surface area contributed by atoms with E-state index in [2.05, 4.69) is 12.2 Å². The van der Waals surface area contributed by atoms with Crippen LogP contribution in [-0.4, -0.2) is 13.1 Å². The summed E-state index contributed by atoms with van der Waals surface area (Å²) in [6.07, 6.45) is 7.65. The Hall–Kier alpha value is -0.0400. The van der Waals surface area contributed by atoms with E-state index in [0.717, 1.165) is 17.8 Å². The number of rotatable bonds is 1. The molecule has 1 heterocycles. The monoisotopic (exact) mass is 179 g/mol. The Bertz CT molecular complexity index is 205. The molecule has 1 aliphatic heterocycles. The summed E-state index contributed by atoms with van der Waals surface area (Å²) in [6, 6.07) is 0. The fourth-order valence-electron chi connectivity index (χ4n) is 4.25. The quantitative estimate of drug-likeness (QED) is 0.652. The highest BCUT2D eigenvalue weighted by atomic mass is 14.9. The zero-order chi connectivity index (χ0) is 8.89. The molecule has 3 fully saturated rings. The molecule has 1 saturated heterocycles. The SMILES string of the molecule is CC1(C2CC3CCC2C3)CCNC1. The maximum atomic E-state index is 3.55. The Morgan fingerprint density at radius 1 is 1.23 bits per heavy atom. The van der Waals surface area contributed by atoms with Crippen molar-refractivity contribution in [2.24, 2.45) is 23.2 Å². The largest absolute Gasteiger partial charge is 0.316 e. The van der Waals surface area contributed by atoms with E-state index >= 15 is 0 Å². The zero-order valence-electron chi connectivity index (χ0n) is 8.68. The van der Waals surface area contributed by atoms with Crippen molar-refractivity contribution in [1.82, 2.24) is 5.32 Å². The smallest absolute Gasteiger partial charge is 0.000840 e. The molecule has 3 rings (SSSR count). The van der Waals surface area contributed by atoms with Crippen LogP contribution in [0.25, 0.3) is 0 Å². The van der Waals surface area contributed by atoms with E-state index in [-0.39, 0.29) is 0 Å². The maximum absolute atomic E-state index is 3.55. The van der Waals surface area contributed by atoms with E-state index in [1.165, 1.54) is 19.5 Å². The molecule has 2 aliphatic carbocycles. The molecule has 0 amide bonds. The Labute approximate surface area is 81.3 Å². The molecule has 4 atom stereocenters. The van der Waals surface area contributed by atoms with Gasteiger partial charge in [-0.1, -0.05) is 13.3 Å². The highest BCUT2D eigenvalue weighted by Gasteiger charge is 2.48. The minimum atomic E-state index is 0.667. The van der Waals surface area contributed by atoms with E-state index in [1.807, 2.05) is 0 Å². The van der Waals surface area contributed by atoms with E-state index in [1.54, 1.807) is 25.7 Å². The van der Waals surface area contributed by atoms with Crippen LogP contribution in [0, 0.1) is 23.2 Å². The molecule has 0 spiro atoms. The van der Waals surface area contributed by atoms with Gasteiger partial charge in [0.25, 0.3) is 0 Å². The van der Waals surface area contributed by atoms with Crippen molar-refractivity contribution < 1.29 is 0 Å². The lowest BCUT2D eigenvalue weighted by Gasteiger charge is -2.36. The summed E-state index contributed by atoms with van der Waals surface area (Å²) in [5, 5.41) is 3.55. The number of fused-ring (bicyclic) bond motifs is 2. The van der Waals surface area contributed by atoms with Crippen molar-refractivity contribution in [3.05, 3.63) is 0 Å². The average Bonchev–Trinajstić information content (AvgIpc) is 2.77. The molecule has 2 saturated carbocycles. The molecule has 1 N–H and O–H groups in total. The number of hydrogen-bond acceptors (Lipinski definition) is 1. The average molecular weight is 179 g/mol. The van der Waals surface area contributed by atoms with Crippen LogP contribution in [0.1, 0.15) is 39.0 Å². The summed E-state index contributed by atoms with van der Waals surface area (Å²) in [7, 11) is 0. The highest BCUT2D eigenvalue weighted by molar-refractivity contribution is 5.00. The first-order valence-electron chi connectivity index (χ1n) is 5.99. The summed E-state index contributed by atoms with van der Waals surface area (Å²) in [5.41, 5.74) is 0.667. The van der Waals surface area contributed by atoms with Crippen LogP contribution < -0.4 is 5.32 Å². The van der Waals surface area contributed by atoms with Crippen LogP contribution in [0.5, 0.6) is 0 Å². The van der Waals surface area contributed by atoms with Gasteiger partial charge in [0, 0.05) is 6.54 Å². The minimum Gasteiger partial charge on any atom is -0.316 e. The fraction of sp³-hybridized carbons (Fsp3) is 1.00. The second-order valence-corrected chi connectivity index (χ2v) is 5.86. The predicted molar refractivity (Wildman–Crippen MR) is 54.5 cm³/mol. The van der Waals surface area contributed by atoms with Crippen molar-refractivity contribution in [2.75, 3.05) is 13.1 Å². The van der Waals surface area contributed by atoms with Crippen molar-refractivity contribution >= 4 is 0 Å². The minimum absolute atomic E-state index is 0.667.